The molecule has 2 atom stereocenters. The predicted octanol–water partition coefficient (Wildman–Crippen LogP) is 5.61. The van der Waals surface area contributed by atoms with Crippen LogP contribution in [-0.4, -0.2) is 17.1 Å². The van der Waals surface area contributed by atoms with Gasteiger partial charge in [0, 0.05) is 24.0 Å². The molecule has 6 heteroatoms. The number of halogens is 2. The fourth-order valence-electron chi connectivity index (χ4n) is 5.34. The van der Waals surface area contributed by atoms with E-state index in [-0.39, 0.29) is 35.5 Å². The van der Waals surface area contributed by atoms with E-state index in [2.05, 4.69) is 11.9 Å². The van der Waals surface area contributed by atoms with Crippen LogP contribution in [0, 0.1) is 18.3 Å². The normalized spacial score (nSPS) is 27.5. The highest BCUT2D eigenvalue weighted by molar-refractivity contribution is 5.83. The fraction of sp³-hybridized carbons (Fsp3) is 0.480. The van der Waals surface area contributed by atoms with Crippen LogP contribution in [0.2, 0.25) is 0 Å². The van der Waals surface area contributed by atoms with Crippen LogP contribution < -0.4 is 16.0 Å². The molecular weight excluding hydrogens is 398 g/mol. The van der Waals surface area contributed by atoms with Crippen LogP contribution in [0.15, 0.2) is 53.0 Å². The third-order valence-electron chi connectivity index (χ3n) is 7.28. The number of pyridine rings is 1. The summed E-state index contributed by atoms with van der Waals surface area (Å²) in [6.45, 7) is 3.99. The number of nitrogens with one attached hydrogen (secondary N) is 1. The molecule has 4 rings (SSSR count). The number of aromatic amines is 1. The molecule has 0 saturated heterocycles. The van der Waals surface area contributed by atoms with Gasteiger partial charge in [0.25, 0.3) is 5.56 Å². The van der Waals surface area contributed by atoms with Crippen molar-refractivity contribution < 1.29 is 13.5 Å². The summed E-state index contributed by atoms with van der Waals surface area (Å²) in [7, 11) is 0. The van der Waals surface area contributed by atoms with Gasteiger partial charge in [-0.1, -0.05) is 13.0 Å². The van der Waals surface area contributed by atoms with Gasteiger partial charge in [0.1, 0.15) is 11.6 Å². The summed E-state index contributed by atoms with van der Waals surface area (Å²) < 4.78 is 33.9. The number of allylic oxidation sites excluding steroid dienone is 4. The monoisotopic (exact) mass is 428 g/mol. The van der Waals surface area contributed by atoms with Crippen LogP contribution in [0.5, 0.6) is 5.75 Å². The molecule has 1 saturated carbocycles. The quantitative estimate of drug-likeness (QED) is 0.651. The second-order valence-electron chi connectivity index (χ2n) is 9.00. The molecule has 1 aromatic heterocycles. The number of rotatable bonds is 5. The lowest BCUT2D eigenvalue weighted by Crippen LogP contribution is -2.50. The molecule has 4 nitrogen and oxygen atoms in total. The number of H-pyrrole nitrogens is 1. The number of aryl methyl sites for hydroxylation is 1. The van der Waals surface area contributed by atoms with Crippen LogP contribution in [0.3, 0.4) is 0 Å². The van der Waals surface area contributed by atoms with Gasteiger partial charge in [-0.25, -0.2) is 8.78 Å². The number of ether oxygens (including phenoxy) is 1. The molecule has 2 aliphatic rings. The van der Waals surface area contributed by atoms with Gasteiger partial charge in [0.15, 0.2) is 5.83 Å². The number of benzene rings is 1. The maximum absolute atomic E-state index is 14.0. The molecule has 1 fully saturated rings. The van der Waals surface area contributed by atoms with Crippen molar-refractivity contribution in [2.24, 2.45) is 17.1 Å². The SMILES string of the molecule is CCC(N)[C@]1(C2C=CC(F)=C(F)C2)CC[C@H](Oc2cc3cc[nH]c(=O)c3cc2C)CC1. The zero-order valence-corrected chi connectivity index (χ0v) is 18.1. The van der Waals surface area contributed by atoms with E-state index in [9.17, 15) is 13.6 Å². The third-order valence-corrected chi connectivity index (χ3v) is 7.28. The highest BCUT2D eigenvalue weighted by Crippen LogP contribution is 2.50. The summed E-state index contributed by atoms with van der Waals surface area (Å²) in [6, 6.07) is 5.57. The Morgan fingerprint density at radius 2 is 2.03 bits per heavy atom. The summed E-state index contributed by atoms with van der Waals surface area (Å²) in [5.74, 6) is -0.754. The Balaban J connectivity index is 1.52. The molecule has 0 radical (unpaired) electrons. The van der Waals surface area contributed by atoms with Crippen molar-refractivity contribution in [3.05, 3.63) is 64.1 Å². The zero-order valence-electron chi connectivity index (χ0n) is 18.1. The number of hydrogen-bond donors (Lipinski definition) is 2. The van der Waals surface area contributed by atoms with Crippen molar-refractivity contribution >= 4 is 10.8 Å². The minimum Gasteiger partial charge on any atom is -0.490 e. The largest absolute Gasteiger partial charge is 0.490 e. The maximum Gasteiger partial charge on any atom is 0.255 e. The van der Waals surface area contributed by atoms with Gasteiger partial charge < -0.3 is 15.5 Å². The van der Waals surface area contributed by atoms with Gasteiger partial charge in [-0.2, -0.15) is 0 Å². The Kier molecular flexibility index (Phi) is 6.02. The van der Waals surface area contributed by atoms with Crippen LogP contribution >= 0.6 is 0 Å². The van der Waals surface area contributed by atoms with Gasteiger partial charge in [-0.15, -0.1) is 0 Å². The highest BCUT2D eigenvalue weighted by atomic mass is 19.2. The Bertz CT molecular complexity index is 1080. The minimum atomic E-state index is -0.765. The fourth-order valence-corrected chi connectivity index (χ4v) is 5.34. The van der Waals surface area contributed by atoms with Crippen molar-refractivity contribution in [2.45, 2.75) is 64.5 Å². The van der Waals surface area contributed by atoms with Gasteiger partial charge in [-0.05, 0) is 85.6 Å². The molecule has 2 aromatic rings. The number of aromatic nitrogens is 1. The topological polar surface area (TPSA) is 68.1 Å². The zero-order chi connectivity index (χ0) is 22.2. The first-order valence-corrected chi connectivity index (χ1v) is 11.1. The molecule has 1 heterocycles. The summed E-state index contributed by atoms with van der Waals surface area (Å²) >= 11 is 0. The smallest absolute Gasteiger partial charge is 0.255 e. The van der Waals surface area contributed by atoms with E-state index in [1.165, 1.54) is 6.08 Å². The van der Waals surface area contributed by atoms with Crippen LogP contribution in [0.1, 0.15) is 51.0 Å². The Morgan fingerprint density at radius 3 is 2.71 bits per heavy atom. The second-order valence-corrected chi connectivity index (χ2v) is 9.00. The van der Waals surface area contributed by atoms with Crippen LogP contribution in [0.4, 0.5) is 8.78 Å². The molecule has 31 heavy (non-hydrogen) atoms. The lowest BCUT2D eigenvalue weighted by Gasteiger charge is -2.48. The maximum atomic E-state index is 14.0. The molecule has 0 aliphatic heterocycles. The first kappa shape index (κ1) is 21.8. The van der Waals surface area contributed by atoms with Gasteiger partial charge in [0.05, 0.1) is 6.10 Å². The van der Waals surface area contributed by atoms with E-state index in [1.54, 1.807) is 12.3 Å². The highest BCUT2D eigenvalue weighted by Gasteiger charge is 2.46. The van der Waals surface area contributed by atoms with Crippen LogP contribution in [0.25, 0.3) is 10.8 Å². The molecule has 166 valence electrons. The number of hydrogen-bond acceptors (Lipinski definition) is 3. The molecule has 3 N–H and O–H groups in total. The van der Waals surface area contributed by atoms with Crippen molar-refractivity contribution in [1.82, 2.24) is 4.98 Å². The lowest BCUT2D eigenvalue weighted by atomic mass is 9.59. The number of fused-ring (bicyclic) bond motifs is 1. The van der Waals surface area contributed by atoms with Crippen LogP contribution in [-0.2, 0) is 0 Å². The molecule has 0 bridgehead atoms. The van der Waals surface area contributed by atoms with E-state index in [4.69, 9.17) is 10.5 Å². The summed E-state index contributed by atoms with van der Waals surface area (Å²) in [4.78, 5) is 14.7. The summed E-state index contributed by atoms with van der Waals surface area (Å²) in [6.07, 6.45) is 8.83. The van der Waals surface area contributed by atoms with E-state index in [0.717, 1.165) is 48.8 Å². The van der Waals surface area contributed by atoms with Gasteiger partial charge in [0.2, 0.25) is 0 Å². The molecular formula is C25H30F2N2O2. The standard InChI is InChI=1S/C25H30F2N2O2/c1-3-23(28)25(17-4-5-20(26)21(27)14-17)9-6-18(7-10-25)31-22-13-16-8-11-29-24(30)19(16)12-15(22)2/h4-5,8,11-13,17-18,23H,3,6-7,9-10,14,28H2,1-2H3,(H,29,30)/t17?,18-,23?,25+. The average molecular weight is 429 g/mol. The van der Waals surface area contributed by atoms with E-state index in [0.29, 0.717) is 5.39 Å². The number of nitrogens with two attached hydrogens (primary N) is 1. The second kappa shape index (κ2) is 8.58. The molecule has 1 aromatic carbocycles. The van der Waals surface area contributed by atoms with Gasteiger partial charge in [-0.3, -0.25) is 4.79 Å². The Labute approximate surface area is 181 Å². The van der Waals surface area contributed by atoms with Crippen molar-refractivity contribution in [3.63, 3.8) is 0 Å². The Morgan fingerprint density at radius 1 is 1.29 bits per heavy atom. The van der Waals surface area contributed by atoms with E-state index < -0.39 is 11.7 Å². The lowest BCUT2D eigenvalue weighted by molar-refractivity contribution is 0.0264. The summed E-state index contributed by atoms with van der Waals surface area (Å²) in [5.41, 5.74) is 7.11. The van der Waals surface area contributed by atoms with E-state index >= 15 is 0 Å². The summed E-state index contributed by atoms with van der Waals surface area (Å²) in [5, 5.41) is 1.49. The average Bonchev–Trinajstić information content (AvgIpc) is 2.77. The van der Waals surface area contributed by atoms with Crippen molar-refractivity contribution in [2.75, 3.05) is 0 Å². The molecule has 0 amide bonds. The minimum absolute atomic E-state index is 0.0278. The van der Waals surface area contributed by atoms with Gasteiger partial charge >= 0.3 is 0 Å². The Hall–Kier alpha value is -2.47. The first-order chi connectivity index (χ1) is 14.8. The molecule has 2 aliphatic carbocycles. The van der Waals surface area contributed by atoms with Crippen molar-refractivity contribution in [3.8, 4) is 5.75 Å². The van der Waals surface area contributed by atoms with Crippen molar-refractivity contribution in [1.29, 1.82) is 0 Å². The predicted molar refractivity (Wildman–Crippen MR) is 119 cm³/mol. The van der Waals surface area contributed by atoms with E-state index in [1.807, 2.05) is 25.1 Å². The molecule has 2 unspecified atom stereocenters. The third kappa shape index (κ3) is 4.05. The molecule has 0 spiro atoms. The first-order valence-electron chi connectivity index (χ1n) is 11.1.